The Morgan fingerprint density at radius 3 is 0.182 bits per heavy atom. The number of hydrogen-bond acceptors (Lipinski definition) is 6. The molecule has 0 saturated heterocycles. The molecule has 0 spiro atoms. The molecule has 44 heavy (non-hydrogen) atoms. The van der Waals surface area contributed by atoms with Gasteiger partial charge >= 0.3 is 242 Å². The first-order valence-electron chi connectivity index (χ1n) is 5.72. The first kappa shape index (κ1) is 66.2. The zero-order valence-corrected chi connectivity index (χ0v) is 34.9. The van der Waals surface area contributed by atoms with Gasteiger partial charge in [-0.25, -0.2) is 0 Å². The molecule has 0 fully saturated rings. The van der Waals surface area contributed by atoms with Crippen LogP contribution >= 0.6 is 0 Å². The summed E-state index contributed by atoms with van der Waals surface area (Å²) in [5.41, 5.74) is 0. The van der Waals surface area contributed by atoms with Crippen molar-refractivity contribution in [1.82, 2.24) is 0 Å². The van der Waals surface area contributed by atoms with Crippen molar-refractivity contribution in [2.24, 2.45) is 0 Å². The van der Waals surface area contributed by atoms with Crippen LogP contribution in [-0.4, -0.2) is 133 Å². The van der Waals surface area contributed by atoms with Crippen LogP contribution in [0.5, 0.6) is 0 Å². The van der Waals surface area contributed by atoms with Gasteiger partial charge in [-0.1, -0.05) is 0 Å². The molecule has 0 aromatic heterocycles. The molecule has 0 aliphatic rings. The van der Waals surface area contributed by atoms with Gasteiger partial charge in [0.25, 0.3) is 0 Å². The van der Waals surface area contributed by atoms with E-state index < -0.39 is 112 Å². The standard InChI is InChI=1S/Ag.6F5HOTe.Nb/c;6*1-7(2,3,4,5)6;/h;6*6H;/q+1;;;;;;;-1. The van der Waals surface area contributed by atoms with Gasteiger partial charge < -0.3 is 22.4 Å². The Morgan fingerprint density at radius 1 is 0.182 bits per heavy atom. The van der Waals surface area contributed by atoms with Crippen LogP contribution in [0.25, 0.3) is 0 Å². The molecule has 6 N–H and O–H groups in total. The minimum atomic E-state index is -10.7. The summed E-state index contributed by atoms with van der Waals surface area (Å²) in [6, 6.07) is 0. The molecule has 0 unspecified atom stereocenters. The van der Waals surface area contributed by atoms with Gasteiger partial charge in [0, 0.05) is 0 Å². The Hall–Kier alpha value is 3.88. The molecule has 0 saturated carbocycles. The second-order valence-corrected chi connectivity index (χ2v) is 37.4. The largest absolute Gasteiger partial charge is 1.00 e. The second kappa shape index (κ2) is 11.2. The van der Waals surface area contributed by atoms with Crippen LogP contribution in [0.2, 0.25) is 0 Å². The predicted octanol–water partition coefficient (Wildman–Crippen LogP) is 6.97. The van der Waals surface area contributed by atoms with E-state index in [1.165, 1.54) is 0 Å². The fourth-order valence-electron chi connectivity index (χ4n) is 0. The van der Waals surface area contributed by atoms with Crippen LogP contribution in [0.4, 0.5) is 86.8 Å². The van der Waals surface area contributed by atoms with E-state index in [4.69, 9.17) is 20.8 Å². The quantitative estimate of drug-likeness (QED) is 0.115. The summed E-state index contributed by atoms with van der Waals surface area (Å²) in [7, 11) is 0. The predicted molar refractivity (Wildman–Crippen MR) is 81.1 cm³/mol. The van der Waals surface area contributed by atoms with E-state index in [9.17, 15) is 86.8 Å². The molecule has 304 valence electrons. The summed E-state index contributed by atoms with van der Waals surface area (Å²) < 4.78 is 342. The van der Waals surface area contributed by atoms with Crippen molar-refractivity contribution in [3.05, 3.63) is 0 Å². The van der Waals surface area contributed by atoms with Gasteiger partial charge in [0.2, 0.25) is 0 Å². The third-order valence-corrected chi connectivity index (χ3v) is 0. The average molecular weight is 1640 g/mol. The Kier molecular flexibility index (Phi) is 16.8. The SMILES string of the molecule is O[Te](F)(F)(F)(F)F.O[Te](F)(F)(F)(F)F.O[Te](F)(F)(F)(F)F.O[Te](F)(F)(F)(F)F.O[Te](F)(F)(F)(F)F.O[Te](F)(F)(F)(F)F.[Ag+].[Nb-]. The number of rotatable bonds is 0. The van der Waals surface area contributed by atoms with Gasteiger partial charge in [0.1, 0.15) is 0 Å². The van der Waals surface area contributed by atoms with E-state index in [2.05, 4.69) is 0 Å². The maximum atomic E-state index is 10.1. The molecule has 0 amide bonds. The van der Waals surface area contributed by atoms with Crippen LogP contribution in [0, 0.1) is 0 Å². The zero-order valence-electron chi connectivity index (χ0n) is 17.2. The summed E-state index contributed by atoms with van der Waals surface area (Å²) >= 11 is -64.1. The van der Waals surface area contributed by atoms with Crippen molar-refractivity contribution in [3.63, 3.8) is 0 Å². The smallest absolute Gasteiger partial charge is 1.00 e. The Bertz CT molecular complexity index is 646. The summed E-state index contributed by atoms with van der Waals surface area (Å²) in [5, 5.41) is 0. The Labute approximate surface area is 260 Å². The van der Waals surface area contributed by atoms with Crippen LogP contribution < -0.4 is 0 Å². The van der Waals surface area contributed by atoms with E-state index in [0.717, 1.165) is 0 Å². The summed E-state index contributed by atoms with van der Waals surface area (Å²) in [4.78, 5) is 0. The van der Waals surface area contributed by atoms with Gasteiger partial charge in [-0.2, -0.15) is 0 Å². The fourth-order valence-corrected chi connectivity index (χ4v) is 0. The molecule has 0 heterocycles. The first-order chi connectivity index (χ1) is 14.7. The molecule has 0 atom stereocenters. The average Bonchev–Trinajstić information content (AvgIpc) is 1.70. The molecular weight excluding hydrogens is 1630 g/mol. The van der Waals surface area contributed by atoms with Crippen molar-refractivity contribution in [3.8, 4) is 0 Å². The Balaban J connectivity index is -0.0000000584. The molecule has 0 aliphatic carbocycles. The van der Waals surface area contributed by atoms with Crippen LogP contribution in [0.15, 0.2) is 0 Å². The molecule has 0 aromatic carbocycles. The van der Waals surface area contributed by atoms with Crippen LogP contribution in [0.3, 0.4) is 0 Å². The van der Waals surface area contributed by atoms with Crippen molar-refractivity contribution >= 4 is 112 Å². The topological polar surface area (TPSA) is 121 Å². The minimum absolute atomic E-state index is 0. The summed E-state index contributed by atoms with van der Waals surface area (Å²) in [6.07, 6.45) is 0. The maximum Gasteiger partial charge on any atom is 1.00 e. The Morgan fingerprint density at radius 2 is 0.182 bits per heavy atom. The number of halogens is 30. The van der Waals surface area contributed by atoms with E-state index in [0.29, 0.717) is 0 Å². The molecule has 44 heteroatoms. The molecule has 0 rings (SSSR count). The van der Waals surface area contributed by atoms with E-state index >= 15 is 0 Å². The van der Waals surface area contributed by atoms with Crippen molar-refractivity contribution < 1.29 is 152 Å². The maximum absolute atomic E-state index is 10.7. The van der Waals surface area contributed by atoms with Crippen molar-refractivity contribution in [1.29, 1.82) is 0 Å². The van der Waals surface area contributed by atoms with Crippen LogP contribution in [-0.2, 0) is 44.8 Å². The molecule has 0 bridgehead atoms. The first-order valence-corrected chi connectivity index (χ1v) is 38.4. The van der Waals surface area contributed by atoms with Crippen molar-refractivity contribution in [2.45, 2.75) is 0 Å². The molecule has 0 aliphatic heterocycles. The summed E-state index contributed by atoms with van der Waals surface area (Å²) in [6.45, 7) is 0. The molecule has 0 radical (unpaired) electrons. The van der Waals surface area contributed by atoms with Gasteiger partial charge in [-0.15, -0.1) is 0 Å². The molecule has 0 aromatic rings. The van der Waals surface area contributed by atoms with Gasteiger partial charge in [-0.05, 0) is 0 Å². The van der Waals surface area contributed by atoms with E-state index in [-0.39, 0.29) is 44.8 Å². The third kappa shape index (κ3) is 6140. The minimum Gasteiger partial charge on any atom is -1.00 e. The van der Waals surface area contributed by atoms with E-state index in [1.807, 2.05) is 0 Å². The van der Waals surface area contributed by atoms with Crippen LogP contribution in [0.1, 0.15) is 0 Å². The van der Waals surface area contributed by atoms with Crippen molar-refractivity contribution in [2.75, 3.05) is 0 Å². The van der Waals surface area contributed by atoms with Gasteiger partial charge in [-0.3, -0.25) is 0 Å². The monoisotopic (exact) mass is 1650 g/mol. The van der Waals surface area contributed by atoms with E-state index in [1.54, 1.807) is 0 Å². The second-order valence-electron chi connectivity index (χ2n) is 5.57. The van der Waals surface area contributed by atoms with Gasteiger partial charge in [0.05, 0.1) is 0 Å². The number of hydrogen-bond donors (Lipinski definition) is 6. The fraction of sp³-hybridized carbons (Fsp3) is 0. The van der Waals surface area contributed by atoms with Gasteiger partial charge in [0.15, 0.2) is 0 Å². The third-order valence-electron chi connectivity index (χ3n) is 0. The molecular formula is H6AgF30NbO6Te6. The summed E-state index contributed by atoms with van der Waals surface area (Å²) in [5.74, 6) is 0. The zero-order chi connectivity index (χ0) is 38.4. The normalized spacial score (nSPS) is 22.1. The molecule has 6 nitrogen and oxygen atoms in total.